The first-order valence-electron chi connectivity index (χ1n) is 9.58. The van der Waals surface area contributed by atoms with Gasteiger partial charge < -0.3 is 15.2 Å². The fraction of sp³-hybridized carbons (Fsp3) is 0.348. The highest BCUT2D eigenvalue weighted by Gasteiger charge is 2.48. The maximum atomic E-state index is 10.1. The zero-order chi connectivity index (χ0) is 19.8. The largest absolute Gasteiger partial charge is 0.508 e. The van der Waals surface area contributed by atoms with E-state index in [1.54, 1.807) is 23.9 Å². The first-order chi connectivity index (χ1) is 13.4. The number of nitrogens with one attached hydrogen (secondary N) is 1. The summed E-state index contributed by atoms with van der Waals surface area (Å²) in [5, 5.41) is 14.5. The van der Waals surface area contributed by atoms with Gasteiger partial charge in [-0.3, -0.25) is 0 Å². The Bertz CT molecular complexity index is 910. The van der Waals surface area contributed by atoms with Crippen molar-refractivity contribution in [2.75, 3.05) is 5.75 Å². The topological polar surface area (TPSA) is 53.9 Å². The van der Waals surface area contributed by atoms with Crippen LogP contribution in [0.1, 0.15) is 43.7 Å². The molecule has 146 valence electrons. The molecule has 0 unspecified atom stereocenters. The number of phenolic OH excluding ortho intramolecular Hbond substituents is 1. The maximum absolute atomic E-state index is 10.1. The number of amidine groups is 1. The van der Waals surface area contributed by atoms with E-state index >= 15 is 0 Å². The van der Waals surface area contributed by atoms with Crippen LogP contribution in [0.15, 0.2) is 66.2 Å². The predicted molar refractivity (Wildman–Crippen MR) is 116 cm³/mol. The fourth-order valence-corrected chi connectivity index (χ4v) is 5.07. The molecule has 0 fully saturated rings. The van der Waals surface area contributed by atoms with Gasteiger partial charge >= 0.3 is 0 Å². The summed E-state index contributed by atoms with van der Waals surface area (Å²) in [7, 11) is 0. The number of phenols is 1. The van der Waals surface area contributed by atoms with Crippen LogP contribution in [0.5, 0.6) is 11.5 Å². The number of hydrogen-bond donors (Lipinski definition) is 2. The third kappa shape index (κ3) is 3.76. The molecular weight excluding hydrogens is 368 g/mol. The Morgan fingerprint density at radius 1 is 1.29 bits per heavy atom. The number of aromatic hydroxyl groups is 1. The Morgan fingerprint density at radius 3 is 2.82 bits per heavy atom. The van der Waals surface area contributed by atoms with Crippen molar-refractivity contribution < 1.29 is 9.84 Å². The molecule has 4 rings (SSSR count). The standard InChI is InChI=1S/C23H26N2O2S/c1-4-12-28-21-24-22(2,3)15-23(25-21)14-19(16-8-6-5-7-9-16)18-11-10-17(26)13-20(18)27-23/h4-11,13,19,26H,1,12,14-15H2,2-3H3,(H,24,25)/t19-,23-/m1/s1. The van der Waals surface area contributed by atoms with Crippen molar-refractivity contribution in [3.63, 3.8) is 0 Å². The van der Waals surface area contributed by atoms with Crippen LogP contribution in [0, 0.1) is 0 Å². The van der Waals surface area contributed by atoms with Gasteiger partial charge in [-0.15, -0.1) is 6.58 Å². The predicted octanol–water partition coefficient (Wildman–Crippen LogP) is 5.05. The van der Waals surface area contributed by atoms with Gasteiger partial charge in [-0.05, 0) is 25.5 Å². The van der Waals surface area contributed by atoms with Crippen LogP contribution in [-0.4, -0.2) is 27.3 Å². The summed E-state index contributed by atoms with van der Waals surface area (Å²) in [6.45, 7) is 8.17. The SMILES string of the molecule is C=CCSC1=N[C@@]2(C[C@H](c3ccccc3)c3ccc(O)cc3O2)CC(C)(C)N1. The summed E-state index contributed by atoms with van der Waals surface area (Å²) in [5.74, 6) is 1.88. The highest BCUT2D eigenvalue weighted by atomic mass is 32.2. The minimum absolute atomic E-state index is 0.152. The summed E-state index contributed by atoms with van der Waals surface area (Å²) in [4.78, 5) is 5.03. The molecule has 5 heteroatoms. The molecule has 2 aliphatic heterocycles. The molecule has 2 heterocycles. The van der Waals surface area contributed by atoms with Crippen molar-refractivity contribution in [2.24, 2.45) is 4.99 Å². The van der Waals surface area contributed by atoms with Crippen molar-refractivity contribution in [1.82, 2.24) is 5.32 Å². The summed E-state index contributed by atoms with van der Waals surface area (Å²) >= 11 is 1.64. The minimum Gasteiger partial charge on any atom is -0.508 e. The van der Waals surface area contributed by atoms with Crippen LogP contribution in [0.2, 0.25) is 0 Å². The van der Waals surface area contributed by atoms with Gasteiger partial charge in [-0.25, -0.2) is 4.99 Å². The van der Waals surface area contributed by atoms with E-state index in [2.05, 4.69) is 50.0 Å². The van der Waals surface area contributed by atoms with Gasteiger partial charge in [-0.2, -0.15) is 0 Å². The zero-order valence-electron chi connectivity index (χ0n) is 16.3. The van der Waals surface area contributed by atoms with Gasteiger partial charge in [0, 0.05) is 41.7 Å². The number of rotatable bonds is 3. The second-order valence-corrected chi connectivity index (χ2v) is 9.15. The first kappa shape index (κ1) is 18.9. The van der Waals surface area contributed by atoms with Gasteiger partial charge in [0.15, 0.2) is 5.17 Å². The molecule has 0 amide bonds. The Morgan fingerprint density at radius 2 is 2.07 bits per heavy atom. The van der Waals surface area contributed by atoms with Crippen molar-refractivity contribution in [1.29, 1.82) is 0 Å². The van der Waals surface area contributed by atoms with Crippen molar-refractivity contribution in [3.8, 4) is 11.5 Å². The summed E-state index contributed by atoms with van der Waals surface area (Å²) in [6.07, 6.45) is 3.39. The van der Waals surface area contributed by atoms with Crippen LogP contribution in [0.4, 0.5) is 0 Å². The number of benzene rings is 2. The molecule has 28 heavy (non-hydrogen) atoms. The third-order valence-electron chi connectivity index (χ3n) is 5.20. The molecule has 0 radical (unpaired) electrons. The number of hydrogen-bond acceptors (Lipinski definition) is 5. The lowest BCUT2D eigenvalue weighted by Crippen LogP contribution is -2.57. The summed E-state index contributed by atoms with van der Waals surface area (Å²) in [6, 6.07) is 15.9. The van der Waals surface area contributed by atoms with Crippen LogP contribution in [-0.2, 0) is 0 Å². The summed E-state index contributed by atoms with van der Waals surface area (Å²) in [5.41, 5.74) is 1.52. The Hall–Kier alpha value is -2.40. The molecule has 1 spiro atoms. The quantitative estimate of drug-likeness (QED) is 0.715. The number of ether oxygens (including phenoxy) is 1. The lowest BCUT2D eigenvalue weighted by molar-refractivity contribution is 0.0134. The molecule has 0 aliphatic carbocycles. The molecule has 0 bridgehead atoms. The molecule has 0 saturated carbocycles. The Kier molecular flexibility index (Phi) is 4.88. The van der Waals surface area contributed by atoms with E-state index in [1.165, 1.54) is 5.56 Å². The van der Waals surface area contributed by atoms with Gasteiger partial charge in [0.05, 0.1) is 0 Å². The fourth-order valence-electron chi connectivity index (χ4n) is 4.22. The maximum Gasteiger partial charge on any atom is 0.206 e. The number of thioether (sulfide) groups is 1. The van der Waals surface area contributed by atoms with Gasteiger partial charge in [0.2, 0.25) is 5.72 Å². The highest BCUT2D eigenvalue weighted by molar-refractivity contribution is 8.13. The van der Waals surface area contributed by atoms with Crippen LogP contribution in [0.3, 0.4) is 0 Å². The van der Waals surface area contributed by atoms with E-state index in [0.717, 1.165) is 35.1 Å². The van der Waals surface area contributed by atoms with E-state index in [0.29, 0.717) is 0 Å². The van der Waals surface area contributed by atoms with E-state index in [4.69, 9.17) is 9.73 Å². The number of nitrogens with zero attached hydrogens (tertiary/aromatic N) is 1. The molecule has 2 aliphatic rings. The summed E-state index contributed by atoms with van der Waals surface area (Å²) < 4.78 is 6.51. The highest BCUT2D eigenvalue weighted by Crippen LogP contribution is 2.49. The molecule has 2 atom stereocenters. The average molecular weight is 395 g/mol. The smallest absolute Gasteiger partial charge is 0.206 e. The molecule has 4 nitrogen and oxygen atoms in total. The molecule has 2 N–H and O–H groups in total. The molecule has 2 aromatic carbocycles. The number of fused-ring (bicyclic) bond motifs is 1. The second-order valence-electron chi connectivity index (χ2n) is 8.14. The van der Waals surface area contributed by atoms with Crippen molar-refractivity contribution in [3.05, 3.63) is 72.3 Å². The van der Waals surface area contributed by atoms with Crippen LogP contribution in [0.25, 0.3) is 0 Å². The lowest BCUT2D eigenvalue weighted by Gasteiger charge is -2.47. The molecular formula is C23H26N2O2S. The number of aliphatic imine (C=N–C) groups is 1. The zero-order valence-corrected chi connectivity index (χ0v) is 17.1. The van der Waals surface area contributed by atoms with E-state index in [-0.39, 0.29) is 17.2 Å². The van der Waals surface area contributed by atoms with Gasteiger partial charge in [0.1, 0.15) is 11.5 Å². The van der Waals surface area contributed by atoms with Crippen molar-refractivity contribution in [2.45, 2.75) is 43.9 Å². The van der Waals surface area contributed by atoms with Crippen LogP contribution < -0.4 is 10.1 Å². The van der Waals surface area contributed by atoms with E-state index in [9.17, 15) is 5.11 Å². The average Bonchev–Trinajstić information content (AvgIpc) is 2.64. The van der Waals surface area contributed by atoms with E-state index < -0.39 is 5.72 Å². The molecule has 2 aromatic rings. The third-order valence-corrected chi connectivity index (χ3v) is 6.07. The first-order valence-corrected chi connectivity index (χ1v) is 10.6. The van der Waals surface area contributed by atoms with Crippen molar-refractivity contribution >= 4 is 16.9 Å². The van der Waals surface area contributed by atoms with E-state index in [1.807, 2.05) is 18.2 Å². The monoisotopic (exact) mass is 394 g/mol. The second kappa shape index (κ2) is 7.21. The molecule has 0 saturated heterocycles. The van der Waals surface area contributed by atoms with Gasteiger partial charge in [-0.1, -0.05) is 54.2 Å². The molecule has 0 aromatic heterocycles. The Balaban J connectivity index is 1.81. The Labute approximate surface area is 170 Å². The minimum atomic E-state index is -0.667. The normalized spacial score (nSPS) is 25.2. The van der Waals surface area contributed by atoms with Gasteiger partial charge in [0.25, 0.3) is 0 Å². The van der Waals surface area contributed by atoms with Crippen LogP contribution >= 0.6 is 11.8 Å². The lowest BCUT2D eigenvalue weighted by atomic mass is 9.78.